The lowest BCUT2D eigenvalue weighted by molar-refractivity contribution is -0.192. The minimum Gasteiger partial charge on any atom is -0.477 e. The fraction of sp³-hybridized carbons (Fsp3) is 0.400. The van der Waals surface area contributed by atoms with Crippen molar-refractivity contribution in [2.24, 2.45) is 11.3 Å². The third kappa shape index (κ3) is 5.54. The van der Waals surface area contributed by atoms with Gasteiger partial charge in [0.1, 0.15) is 5.69 Å². The third-order valence-electron chi connectivity index (χ3n) is 5.43. The molecule has 0 bridgehead atoms. The second kappa shape index (κ2) is 9.79. The van der Waals surface area contributed by atoms with Gasteiger partial charge in [-0.1, -0.05) is 6.07 Å². The number of ether oxygens (including phenoxy) is 1. The average molecular weight is 467 g/mol. The number of hydrogen-bond donors (Lipinski definition) is 2. The van der Waals surface area contributed by atoms with Crippen molar-refractivity contribution >= 4 is 17.8 Å². The highest BCUT2D eigenvalue weighted by molar-refractivity contribution is 5.94. The predicted molar refractivity (Wildman–Crippen MR) is 105 cm³/mol. The van der Waals surface area contributed by atoms with Crippen LogP contribution >= 0.6 is 0 Å². The van der Waals surface area contributed by atoms with Crippen LogP contribution in [-0.2, 0) is 9.59 Å². The second-order valence-electron chi connectivity index (χ2n) is 7.41. The first kappa shape index (κ1) is 23.9. The molecule has 2 fully saturated rings. The van der Waals surface area contributed by atoms with Crippen LogP contribution in [0.3, 0.4) is 0 Å². The van der Waals surface area contributed by atoms with Gasteiger partial charge in [0.25, 0.3) is 5.91 Å². The smallest absolute Gasteiger partial charge is 0.477 e. The molecule has 0 aromatic carbocycles. The number of carboxylic acid groups (broad SMARTS) is 1. The van der Waals surface area contributed by atoms with Gasteiger partial charge < -0.3 is 20.1 Å². The van der Waals surface area contributed by atoms with Crippen LogP contribution in [0.15, 0.2) is 43.0 Å². The van der Waals surface area contributed by atoms with Gasteiger partial charge in [-0.3, -0.25) is 14.6 Å². The lowest BCUT2D eigenvalue weighted by Crippen LogP contribution is -2.41. The zero-order chi connectivity index (χ0) is 24.1. The van der Waals surface area contributed by atoms with Gasteiger partial charge in [0, 0.05) is 50.2 Å². The number of amides is 2. The van der Waals surface area contributed by atoms with E-state index in [2.05, 4.69) is 20.3 Å². The van der Waals surface area contributed by atoms with Crippen LogP contribution in [0.1, 0.15) is 16.9 Å². The quantitative estimate of drug-likeness (QED) is 0.684. The number of hydrogen-bond acceptors (Lipinski definition) is 7. The Morgan fingerprint density at radius 1 is 1.24 bits per heavy atom. The molecule has 2 aromatic heterocycles. The summed E-state index contributed by atoms with van der Waals surface area (Å²) in [6.07, 6.45) is 1.66. The van der Waals surface area contributed by atoms with Crippen LogP contribution in [0.25, 0.3) is 0 Å². The number of nitrogens with one attached hydrogen (secondary N) is 1. The standard InChI is InChI=1S/C18H19N5O3.C2HF3O2/c24-16(14-10-19-6-7-20-14)23-8-4-18(12-23)13(9-22-17(18)25)11-26-15-3-1-2-5-21-15;3-2(4,5)1(6)7/h1-3,5-7,10,13H,4,8-9,11-12H2,(H,22,25);(H,6,7)/t13-,18-;/m1./s1. The molecule has 2 aliphatic rings. The number of likely N-dealkylation sites (tertiary alicyclic amines) is 1. The monoisotopic (exact) mass is 467 g/mol. The summed E-state index contributed by atoms with van der Waals surface area (Å²) in [5.74, 6) is -2.45. The van der Waals surface area contributed by atoms with Gasteiger partial charge in [0.2, 0.25) is 11.8 Å². The largest absolute Gasteiger partial charge is 0.490 e. The summed E-state index contributed by atoms with van der Waals surface area (Å²) in [6.45, 7) is 1.80. The maximum atomic E-state index is 12.6. The van der Waals surface area contributed by atoms with E-state index in [0.717, 1.165) is 0 Å². The zero-order valence-electron chi connectivity index (χ0n) is 17.2. The van der Waals surface area contributed by atoms with Gasteiger partial charge in [-0.15, -0.1) is 0 Å². The fourth-order valence-electron chi connectivity index (χ4n) is 3.71. The summed E-state index contributed by atoms with van der Waals surface area (Å²) in [5.41, 5.74) is -0.323. The number of carbonyl (C=O) groups is 3. The molecule has 13 heteroatoms. The van der Waals surface area contributed by atoms with Crippen molar-refractivity contribution in [2.75, 3.05) is 26.2 Å². The van der Waals surface area contributed by atoms with E-state index in [4.69, 9.17) is 14.6 Å². The highest BCUT2D eigenvalue weighted by Crippen LogP contribution is 2.42. The van der Waals surface area contributed by atoms with Crippen LogP contribution < -0.4 is 10.1 Å². The highest BCUT2D eigenvalue weighted by Gasteiger charge is 2.55. The molecule has 0 saturated carbocycles. The molecule has 4 heterocycles. The van der Waals surface area contributed by atoms with E-state index in [1.807, 2.05) is 12.1 Å². The van der Waals surface area contributed by atoms with E-state index in [9.17, 15) is 22.8 Å². The molecular formula is C20H20F3N5O5. The second-order valence-corrected chi connectivity index (χ2v) is 7.41. The Labute approximate surface area is 185 Å². The Morgan fingerprint density at radius 3 is 2.61 bits per heavy atom. The van der Waals surface area contributed by atoms with E-state index in [-0.39, 0.29) is 17.7 Å². The van der Waals surface area contributed by atoms with Crippen LogP contribution in [0, 0.1) is 11.3 Å². The van der Waals surface area contributed by atoms with E-state index in [1.54, 1.807) is 17.2 Å². The molecule has 1 spiro atoms. The molecule has 2 saturated heterocycles. The van der Waals surface area contributed by atoms with E-state index in [0.29, 0.717) is 44.2 Å². The summed E-state index contributed by atoms with van der Waals surface area (Å²) < 4.78 is 37.5. The van der Waals surface area contributed by atoms with Crippen molar-refractivity contribution in [2.45, 2.75) is 12.6 Å². The molecule has 176 valence electrons. The molecule has 0 unspecified atom stereocenters. The normalized spacial score (nSPS) is 21.8. The van der Waals surface area contributed by atoms with Crippen molar-refractivity contribution in [1.29, 1.82) is 0 Å². The number of aromatic nitrogens is 3. The average Bonchev–Trinajstić information content (AvgIpc) is 3.38. The molecule has 10 nitrogen and oxygen atoms in total. The van der Waals surface area contributed by atoms with Gasteiger partial charge in [-0.25, -0.2) is 14.8 Å². The van der Waals surface area contributed by atoms with E-state index in [1.165, 1.54) is 18.6 Å². The maximum absolute atomic E-state index is 12.6. The van der Waals surface area contributed by atoms with Crippen molar-refractivity contribution in [1.82, 2.24) is 25.2 Å². The highest BCUT2D eigenvalue weighted by atomic mass is 19.4. The Balaban J connectivity index is 0.000000383. The Morgan fingerprint density at radius 2 is 2.00 bits per heavy atom. The first-order chi connectivity index (χ1) is 15.6. The third-order valence-corrected chi connectivity index (χ3v) is 5.43. The number of alkyl halides is 3. The first-order valence-corrected chi connectivity index (χ1v) is 9.81. The summed E-state index contributed by atoms with van der Waals surface area (Å²) in [5, 5.41) is 10.1. The molecule has 2 aromatic rings. The summed E-state index contributed by atoms with van der Waals surface area (Å²) in [6, 6.07) is 5.46. The van der Waals surface area contributed by atoms with Crippen molar-refractivity contribution in [3.8, 4) is 5.88 Å². The maximum Gasteiger partial charge on any atom is 0.490 e. The van der Waals surface area contributed by atoms with Gasteiger partial charge in [0.05, 0.1) is 18.2 Å². The number of halogens is 3. The van der Waals surface area contributed by atoms with Crippen LogP contribution in [-0.4, -0.2) is 75.2 Å². The Bertz CT molecular complexity index is 993. The zero-order valence-corrected chi connectivity index (χ0v) is 17.2. The molecule has 0 aliphatic carbocycles. The lowest BCUT2D eigenvalue weighted by atomic mass is 9.77. The summed E-state index contributed by atoms with van der Waals surface area (Å²) >= 11 is 0. The Kier molecular flexibility index (Phi) is 7.09. The first-order valence-electron chi connectivity index (χ1n) is 9.81. The van der Waals surface area contributed by atoms with E-state index >= 15 is 0 Å². The summed E-state index contributed by atoms with van der Waals surface area (Å²) in [4.78, 5) is 47.9. The lowest BCUT2D eigenvalue weighted by Gasteiger charge is -2.27. The number of aliphatic carboxylic acids is 1. The van der Waals surface area contributed by atoms with Crippen LogP contribution in [0.4, 0.5) is 13.2 Å². The van der Waals surface area contributed by atoms with Gasteiger partial charge in [0.15, 0.2) is 0 Å². The number of carboxylic acids is 1. The molecular weight excluding hydrogens is 447 g/mol. The Hall–Kier alpha value is -3.77. The van der Waals surface area contributed by atoms with Crippen LogP contribution in [0.2, 0.25) is 0 Å². The molecule has 2 atom stereocenters. The number of rotatable bonds is 4. The minimum absolute atomic E-state index is 0.0124. The number of carbonyl (C=O) groups excluding carboxylic acids is 2. The van der Waals surface area contributed by atoms with Gasteiger partial charge >= 0.3 is 12.1 Å². The topological polar surface area (TPSA) is 135 Å². The van der Waals surface area contributed by atoms with Gasteiger partial charge in [-0.2, -0.15) is 13.2 Å². The number of nitrogens with zero attached hydrogens (tertiary/aromatic N) is 4. The van der Waals surface area contributed by atoms with Crippen molar-refractivity contribution in [3.05, 3.63) is 48.7 Å². The number of pyridine rings is 1. The van der Waals surface area contributed by atoms with Crippen molar-refractivity contribution < 1.29 is 37.4 Å². The summed E-state index contributed by atoms with van der Waals surface area (Å²) in [7, 11) is 0. The molecule has 4 rings (SSSR count). The van der Waals surface area contributed by atoms with Crippen LogP contribution in [0.5, 0.6) is 5.88 Å². The molecule has 33 heavy (non-hydrogen) atoms. The molecule has 2 aliphatic heterocycles. The molecule has 2 N–H and O–H groups in total. The minimum atomic E-state index is -5.08. The SMILES string of the molecule is O=C(O)C(F)(F)F.O=C(c1cnccn1)N1CC[C@]2(C1)C(=O)NC[C@@H]2COc1ccccn1. The van der Waals surface area contributed by atoms with Gasteiger partial charge in [-0.05, 0) is 12.5 Å². The molecule has 0 radical (unpaired) electrons. The fourth-order valence-corrected chi connectivity index (χ4v) is 3.71. The predicted octanol–water partition coefficient (Wildman–Crippen LogP) is 1.16. The van der Waals surface area contributed by atoms with E-state index < -0.39 is 17.6 Å². The van der Waals surface area contributed by atoms with Crippen molar-refractivity contribution in [3.63, 3.8) is 0 Å². The molecule has 2 amide bonds.